The quantitative estimate of drug-likeness (QED) is 0.860. The molecule has 1 aliphatic rings. The molecule has 0 saturated carbocycles. The zero-order valence-corrected chi connectivity index (χ0v) is 15.1. The summed E-state index contributed by atoms with van der Waals surface area (Å²) in [7, 11) is 0. The van der Waals surface area contributed by atoms with Crippen LogP contribution in [-0.2, 0) is 0 Å². The summed E-state index contributed by atoms with van der Waals surface area (Å²) in [4.78, 5) is 2.55. The first-order chi connectivity index (χ1) is 11.3. The second-order valence-corrected chi connectivity index (χ2v) is 6.66. The summed E-state index contributed by atoms with van der Waals surface area (Å²) in [5, 5.41) is 3.44. The molecule has 1 fully saturated rings. The molecule has 2 aromatic carbocycles. The van der Waals surface area contributed by atoms with Gasteiger partial charge in [-0.15, -0.1) is 0 Å². The number of ether oxygens (including phenoxy) is 1. The van der Waals surface area contributed by atoms with Gasteiger partial charge in [0.1, 0.15) is 5.75 Å². The van der Waals surface area contributed by atoms with E-state index >= 15 is 0 Å². The minimum atomic E-state index is 0.283. The van der Waals surface area contributed by atoms with Crippen molar-refractivity contribution in [3.05, 3.63) is 64.1 Å². The van der Waals surface area contributed by atoms with Gasteiger partial charge >= 0.3 is 0 Å². The van der Waals surface area contributed by atoms with E-state index < -0.39 is 0 Å². The summed E-state index contributed by atoms with van der Waals surface area (Å²) >= 11 is 3.61. The molecule has 1 atom stereocenters. The van der Waals surface area contributed by atoms with Gasteiger partial charge < -0.3 is 10.1 Å². The van der Waals surface area contributed by atoms with Gasteiger partial charge in [0.05, 0.1) is 12.6 Å². The first-order valence-corrected chi connectivity index (χ1v) is 9.00. The Morgan fingerprint density at radius 3 is 2.48 bits per heavy atom. The Bertz CT molecular complexity index is 624. The fraction of sp³-hybridized carbons (Fsp3) is 0.368. The largest absolute Gasteiger partial charge is 0.494 e. The van der Waals surface area contributed by atoms with Crippen LogP contribution in [0.2, 0.25) is 0 Å². The molecule has 1 heterocycles. The molecule has 0 amide bonds. The molecule has 1 aliphatic heterocycles. The number of nitrogens with zero attached hydrogens (tertiary/aromatic N) is 1. The average molecular weight is 375 g/mol. The summed E-state index contributed by atoms with van der Waals surface area (Å²) in [5.74, 6) is 0.935. The van der Waals surface area contributed by atoms with Gasteiger partial charge in [0, 0.05) is 30.7 Å². The molecule has 1 unspecified atom stereocenters. The van der Waals surface area contributed by atoms with Crippen molar-refractivity contribution < 1.29 is 4.74 Å². The molecule has 4 heteroatoms. The maximum Gasteiger partial charge on any atom is 0.119 e. The van der Waals surface area contributed by atoms with Crippen LogP contribution in [0.25, 0.3) is 0 Å². The number of nitrogens with one attached hydrogen (secondary N) is 1. The first kappa shape index (κ1) is 16.5. The third kappa shape index (κ3) is 4.14. The van der Waals surface area contributed by atoms with Crippen molar-refractivity contribution in [2.24, 2.45) is 0 Å². The summed E-state index contributed by atoms with van der Waals surface area (Å²) in [6.07, 6.45) is 0. The standard InChI is InChI=1S/C19H23BrN2O/c1-2-23-18-8-6-15(7-9-18)19(22-12-10-21-11-13-22)16-4-3-5-17(20)14-16/h3-9,14,19,21H,2,10-13H2,1H3. The van der Waals surface area contributed by atoms with E-state index in [4.69, 9.17) is 4.74 Å². The predicted octanol–water partition coefficient (Wildman–Crippen LogP) is 3.84. The topological polar surface area (TPSA) is 24.5 Å². The minimum absolute atomic E-state index is 0.283. The van der Waals surface area contributed by atoms with E-state index in [1.807, 2.05) is 6.92 Å². The van der Waals surface area contributed by atoms with Crippen LogP contribution in [0.5, 0.6) is 5.75 Å². The molecule has 3 rings (SSSR count). The zero-order chi connectivity index (χ0) is 16.1. The van der Waals surface area contributed by atoms with Crippen molar-refractivity contribution in [1.29, 1.82) is 0 Å². The maximum absolute atomic E-state index is 5.58. The number of benzene rings is 2. The van der Waals surface area contributed by atoms with Crippen LogP contribution in [0.3, 0.4) is 0 Å². The van der Waals surface area contributed by atoms with Crippen LogP contribution in [0, 0.1) is 0 Å². The minimum Gasteiger partial charge on any atom is -0.494 e. The molecule has 0 aliphatic carbocycles. The van der Waals surface area contributed by atoms with Crippen LogP contribution in [0.1, 0.15) is 24.1 Å². The second kappa shape index (κ2) is 7.95. The lowest BCUT2D eigenvalue weighted by molar-refractivity contribution is 0.198. The third-order valence-electron chi connectivity index (χ3n) is 4.19. The van der Waals surface area contributed by atoms with Gasteiger partial charge in [-0.1, -0.05) is 40.2 Å². The average Bonchev–Trinajstić information content (AvgIpc) is 2.58. The lowest BCUT2D eigenvalue weighted by Gasteiger charge is -2.35. The molecule has 0 bridgehead atoms. The molecule has 122 valence electrons. The van der Waals surface area contributed by atoms with Crippen LogP contribution in [-0.4, -0.2) is 37.7 Å². The Balaban J connectivity index is 1.93. The fourth-order valence-corrected chi connectivity index (χ4v) is 3.56. The van der Waals surface area contributed by atoms with Crippen molar-refractivity contribution in [3.8, 4) is 5.75 Å². The van der Waals surface area contributed by atoms with Crippen LogP contribution < -0.4 is 10.1 Å². The Morgan fingerprint density at radius 1 is 1.09 bits per heavy atom. The van der Waals surface area contributed by atoms with E-state index in [1.54, 1.807) is 0 Å². The lowest BCUT2D eigenvalue weighted by Crippen LogP contribution is -2.45. The molecule has 23 heavy (non-hydrogen) atoms. The third-order valence-corrected chi connectivity index (χ3v) is 4.68. The summed E-state index contributed by atoms with van der Waals surface area (Å²) in [5.41, 5.74) is 2.64. The Kier molecular flexibility index (Phi) is 5.70. The first-order valence-electron chi connectivity index (χ1n) is 8.21. The van der Waals surface area contributed by atoms with Gasteiger partial charge in [0.2, 0.25) is 0 Å². The highest BCUT2D eigenvalue weighted by Gasteiger charge is 2.24. The van der Waals surface area contributed by atoms with Gasteiger partial charge in [-0.25, -0.2) is 0 Å². The Hall–Kier alpha value is -1.36. The SMILES string of the molecule is CCOc1ccc(C(c2cccc(Br)c2)N2CCNCC2)cc1. The van der Waals surface area contributed by atoms with E-state index in [2.05, 4.69) is 74.7 Å². The van der Waals surface area contributed by atoms with E-state index in [0.717, 1.165) is 36.4 Å². The van der Waals surface area contributed by atoms with Crippen molar-refractivity contribution in [3.63, 3.8) is 0 Å². The summed E-state index contributed by atoms with van der Waals surface area (Å²) in [6.45, 7) is 6.92. The highest BCUT2D eigenvalue weighted by molar-refractivity contribution is 9.10. The van der Waals surface area contributed by atoms with E-state index in [-0.39, 0.29) is 6.04 Å². The predicted molar refractivity (Wildman–Crippen MR) is 98.0 cm³/mol. The van der Waals surface area contributed by atoms with Crippen molar-refractivity contribution in [2.75, 3.05) is 32.8 Å². The van der Waals surface area contributed by atoms with Crippen molar-refractivity contribution >= 4 is 15.9 Å². The molecule has 1 N–H and O–H groups in total. The van der Waals surface area contributed by atoms with E-state index in [9.17, 15) is 0 Å². The van der Waals surface area contributed by atoms with Gasteiger partial charge in [-0.05, 0) is 42.3 Å². The van der Waals surface area contributed by atoms with E-state index in [0.29, 0.717) is 6.61 Å². The van der Waals surface area contributed by atoms with Gasteiger partial charge in [-0.3, -0.25) is 4.90 Å². The number of rotatable bonds is 5. The molecule has 0 aromatic heterocycles. The van der Waals surface area contributed by atoms with Crippen molar-refractivity contribution in [2.45, 2.75) is 13.0 Å². The lowest BCUT2D eigenvalue weighted by atomic mass is 9.96. The molecule has 0 radical (unpaired) electrons. The summed E-state index contributed by atoms with van der Waals surface area (Å²) < 4.78 is 6.71. The highest BCUT2D eigenvalue weighted by Crippen LogP contribution is 2.31. The zero-order valence-electron chi connectivity index (χ0n) is 13.5. The smallest absolute Gasteiger partial charge is 0.119 e. The monoisotopic (exact) mass is 374 g/mol. The van der Waals surface area contributed by atoms with Gasteiger partial charge in [-0.2, -0.15) is 0 Å². The Labute approximate surface area is 146 Å². The molecule has 1 saturated heterocycles. The maximum atomic E-state index is 5.58. The number of hydrogen-bond donors (Lipinski definition) is 1. The second-order valence-electron chi connectivity index (χ2n) is 5.75. The molecule has 0 spiro atoms. The summed E-state index contributed by atoms with van der Waals surface area (Å²) in [6, 6.07) is 17.5. The number of piperazine rings is 1. The normalized spacial score (nSPS) is 17.0. The van der Waals surface area contributed by atoms with Crippen LogP contribution >= 0.6 is 15.9 Å². The number of hydrogen-bond acceptors (Lipinski definition) is 3. The van der Waals surface area contributed by atoms with Crippen LogP contribution in [0.15, 0.2) is 53.0 Å². The number of halogens is 1. The molecule has 2 aromatic rings. The van der Waals surface area contributed by atoms with Crippen molar-refractivity contribution in [1.82, 2.24) is 10.2 Å². The molecular weight excluding hydrogens is 352 g/mol. The molecule has 3 nitrogen and oxygen atoms in total. The molecular formula is C19H23BrN2O. The van der Waals surface area contributed by atoms with E-state index in [1.165, 1.54) is 11.1 Å². The van der Waals surface area contributed by atoms with Crippen LogP contribution in [0.4, 0.5) is 0 Å². The van der Waals surface area contributed by atoms with Gasteiger partial charge in [0.25, 0.3) is 0 Å². The highest BCUT2D eigenvalue weighted by atomic mass is 79.9. The van der Waals surface area contributed by atoms with Gasteiger partial charge in [0.15, 0.2) is 0 Å². The fourth-order valence-electron chi connectivity index (χ4n) is 3.14. The Morgan fingerprint density at radius 2 is 1.83 bits per heavy atom.